The van der Waals surface area contributed by atoms with E-state index in [1.54, 1.807) is 6.07 Å². The first-order chi connectivity index (χ1) is 15.1. The van der Waals surface area contributed by atoms with Crippen LogP contribution in [0.25, 0.3) is 11.0 Å². The average molecular weight is 443 g/mol. The van der Waals surface area contributed by atoms with Gasteiger partial charge in [-0.3, -0.25) is 5.32 Å². The van der Waals surface area contributed by atoms with E-state index < -0.39 is 6.09 Å². The Balaban J connectivity index is 0.00000132. The first kappa shape index (κ1) is 22.6. The molecule has 2 atom stereocenters. The first-order valence-corrected chi connectivity index (χ1v) is 10.1. The normalized spacial score (nSPS) is 17.7. The van der Waals surface area contributed by atoms with Crippen molar-refractivity contribution in [1.29, 1.82) is 0 Å². The van der Waals surface area contributed by atoms with Gasteiger partial charge in [-0.1, -0.05) is 30.3 Å². The summed E-state index contributed by atoms with van der Waals surface area (Å²) in [4.78, 5) is 20.6. The van der Waals surface area contributed by atoms with Crippen molar-refractivity contribution >= 4 is 34.5 Å². The van der Waals surface area contributed by atoms with Gasteiger partial charge in [0.1, 0.15) is 17.7 Å². The molecular formula is C22H23ClN4O4. The lowest BCUT2D eigenvalue weighted by atomic mass is 10.2. The summed E-state index contributed by atoms with van der Waals surface area (Å²) in [6, 6.07) is 11.6. The summed E-state index contributed by atoms with van der Waals surface area (Å²) in [6.07, 6.45) is 10.9. The fraction of sp³-hybridized carbons (Fsp3) is 0.318. The molecule has 9 heteroatoms. The molecule has 4 rings (SSSR count). The number of ether oxygens (including phenoxy) is 2. The number of halogens is 1. The van der Waals surface area contributed by atoms with Gasteiger partial charge < -0.3 is 19.1 Å². The standard InChI is InChI=1S/C20H21ClN4O4.C2H2/c21-19-22-17(23-20(27)28-11-9-13-4-2-1-3-5-13)15-8-10-25(18(15)24-19)16-7-6-14(12-26)29-16;1-2/h1-5,8,10,14,16,26H,6-7,9,11-12H2,(H,22,23,24,27);1-2H/t14-,16+;/m0./s1. The predicted molar refractivity (Wildman–Crippen MR) is 118 cm³/mol. The Labute approximate surface area is 185 Å². The van der Waals surface area contributed by atoms with E-state index in [4.69, 9.17) is 21.1 Å². The number of anilines is 1. The number of nitrogens with one attached hydrogen (secondary N) is 1. The highest BCUT2D eigenvalue weighted by Crippen LogP contribution is 2.33. The van der Waals surface area contributed by atoms with E-state index in [2.05, 4.69) is 28.1 Å². The molecule has 0 unspecified atom stereocenters. The molecule has 1 saturated heterocycles. The van der Waals surface area contributed by atoms with Crippen molar-refractivity contribution in [3.8, 4) is 12.8 Å². The van der Waals surface area contributed by atoms with Gasteiger partial charge in [0.25, 0.3) is 0 Å². The lowest BCUT2D eigenvalue weighted by Crippen LogP contribution is -2.17. The Morgan fingerprint density at radius 3 is 2.74 bits per heavy atom. The molecule has 0 bridgehead atoms. The monoisotopic (exact) mass is 442 g/mol. The summed E-state index contributed by atoms with van der Waals surface area (Å²) < 4.78 is 12.9. The zero-order valence-corrected chi connectivity index (χ0v) is 17.5. The molecule has 0 radical (unpaired) electrons. The fourth-order valence-electron chi connectivity index (χ4n) is 3.40. The van der Waals surface area contributed by atoms with Crippen molar-refractivity contribution in [2.24, 2.45) is 0 Å². The molecule has 1 amide bonds. The Bertz CT molecular complexity index is 1040. The molecular weight excluding hydrogens is 420 g/mol. The zero-order valence-electron chi connectivity index (χ0n) is 16.8. The largest absolute Gasteiger partial charge is 0.449 e. The molecule has 3 heterocycles. The molecule has 0 saturated carbocycles. The van der Waals surface area contributed by atoms with Crippen molar-refractivity contribution in [2.75, 3.05) is 18.5 Å². The minimum Gasteiger partial charge on any atom is -0.449 e. The number of carbonyl (C=O) groups excluding carboxylic acids is 1. The molecule has 31 heavy (non-hydrogen) atoms. The SMILES string of the molecule is C#C.O=C(Nc1nc(Cl)nc2c1ccn2[C@H]1CC[C@@H](CO)O1)OCCc1ccccc1. The Hall–Kier alpha value is -3.12. The first-order valence-electron chi connectivity index (χ1n) is 9.75. The number of fused-ring (bicyclic) bond motifs is 1. The number of nitrogens with zero attached hydrogens (tertiary/aromatic N) is 3. The van der Waals surface area contributed by atoms with E-state index >= 15 is 0 Å². The minimum atomic E-state index is -0.609. The number of amides is 1. The molecule has 2 N–H and O–H groups in total. The Morgan fingerprint density at radius 2 is 2.03 bits per heavy atom. The smallest absolute Gasteiger partial charge is 0.412 e. The van der Waals surface area contributed by atoms with Crippen LogP contribution in [0, 0.1) is 12.8 Å². The van der Waals surface area contributed by atoms with Gasteiger partial charge in [0.15, 0.2) is 0 Å². The van der Waals surface area contributed by atoms with Crippen molar-refractivity contribution in [2.45, 2.75) is 31.6 Å². The van der Waals surface area contributed by atoms with Crippen molar-refractivity contribution < 1.29 is 19.4 Å². The number of benzene rings is 1. The number of aromatic nitrogens is 3. The van der Waals surface area contributed by atoms with Crippen LogP contribution in [-0.4, -0.2) is 45.1 Å². The number of hydrogen-bond acceptors (Lipinski definition) is 6. The number of rotatable bonds is 6. The average Bonchev–Trinajstić information content (AvgIpc) is 3.42. The van der Waals surface area contributed by atoms with Crippen LogP contribution < -0.4 is 5.32 Å². The third kappa shape index (κ3) is 5.52. The number of aliphatic hydroxyl groups excluding tert-OH is 1. The highest BCUT2D eigenvalue weighted by Gasteiger charge is 2.27. The fourth-order valence-corrected chi connectivity index (χ4v) is 3.56. The Kier molecular flexibility index (Phi) is 7.84. The van der Waals surface area contributed by atoms with Gasteiger partial charge in [-0.25, -0.2) is 4.79 Å². The van der Waals surface area contributed by atoms with Crippen molar-refractivity contribution in [3.63, 3.8) is 0 Å². The molecule has 1 fully saturated rings. The molecule has 8 nitrogen and oxygen atoms in total. The van der Waals surface area contributed by atoms with Gasteiger partial charge in [0.05, 0.1) is 24.7 Å². The van der Waals surface area contributed by atoms with E-state index in [9.17, 15) is 9.90 Å². The van der Waals surface area contributed by atoms with Gasteiger partial charge in [0, 0.05) is 12.6 Å². The maximum absolute atomic E-state index is 12.2. The van der Waals surface area contributed by atoms with Crippen LogP contribution in [0.4, 0.5) is 10.6 Å². The minimum absolute atomic E-state index is 0.00809. The van der Waals surface area contributed by atoms with Gasteiger partial charge in [0.2, 0.25) is 5.28 Å². The molecule has 1 aliphatic rings. The van der Waals surface area contributed by atoms with Gasteiger partial charge >= 0.3 is 6.09 Å². The molecule has 2 aromatic heterocycles. The van der Waals surface area contributed by atoms with E-state index in [1.165, 1.54) is 0 Å². The number of aliphatic hydroxyl groups is 1. The van der Waals surface area contributed by atoms with E-state index in [0.29, 0.717) is 17.5 Å². The van der Waals surface area contributed by atoms with Crippen molar-refractivity contribution in [3.05, 3.63) is 53.4 Å². The maximum atomic E-state index is 12.2. The maximum Gasteiger partial charge on any atom is 0.412 e. The highest BCUT2D eigenvalue weighted by atomic mass is 35.5. The summed E-state index contributed by atoms with van der Waals surface area (Å²) >= 11 is 6.07. The van der Waals surface area contributed by atoms with Crippen LogP contribution in [0.15, 0.2) is 42.6 Å². The second-order valence-corrected chi connectivity index (χ2v) is 7.11. The van der Waals surface area contributed by atoms with Crippen molar-refractivity contribution in [1.82, 2.24) is 14.5 Å². The predicted octanol–water partition coefficient (Wildman–Crippen LogP) is 3.80. The third-order valence-corrected chi connectivity index (χ3v) is 5.00. The zero-order chi connectivity index (χ0) is 22.2. The van der Waals surface area contributed by atoms with Gasteiger partial charge in [-0.15, -0.1) is 12.8 Å². The molecule has 162 valence electrons. The second kappa shape index (κ2) is 10.8. The summed E-state index contributed by atoms with van der Waals surface area (Å²) in [5, 5.41) is 12.6. The lowest BCUT2D eigenvalue weighted by molar-refractivity contribution is -0.0204. The van der Waals surface area contributed by atoms with E-state index in [1.807, 2.05) is 41.1 Å². The third-order valence-electron chi connectivity index (χ3n) is 4.83. The Morgan fingerprint density at radius 1 is 1.26 bits per heavy atom. The van der Waals surface area contributed by atoms with Crippen LogP contribution >= 0.6 is 11.6 Å². The quantitative estimate of drug-likeness (QED) is 0.445. The molecule has 0 aliphatic carbocycles. The van der Waals surface area contributed by atoms with Crippen LogP contribution in [0.3, 0.4) is 0 Å². The topological polar surface area (TPSA) is 98.5 Å². The molecule has 1 aromatic carbocycles. The van der Waals surface area contributed by atoms with Crippen LogP contribution in [0.5, 0.6) is 0 Å². The van der Waals surface area contributed by atoms with Crippen LogP contribution in [-0.2, 0) is 15.9 Å². The van der Waals surface area contributed by atoms with E-state index in [-0.39, 0.29) is 36.6 Å². The van der Waals surface area contributed by atoms with Crippen LogP contribution in [0.1, 0.15) is 24.6 Å². The van der Waals surface area contributed by atoms with Crippen LogP contribution in [0.2, 0.25) is 5.28 Å². The lowest BCUT2D eigenvalue weighted by Gasteiger charge is -2.15. The number of terminal acetylenes is 1. The molecule has 0 spiro atoms. The molecule has 3 aromatic rings. The number of hydrogen-bond donors (Lipinski definition) is 2. The van der Waals surface area contributed by atoms with Gasteiger partial charge in [-0.05, 0) is 36.1 Å². The highest BCUT2D eigenvalue weighted by molar-refractivity contribution is 6.28. The van der Waals surface area contributed by atoms with Gasteiger partial charge in [-0.2, -0.15) is 9.97 Å². The summed E-state index contributed by atoms with van der Waals surface area (Å²) in [6.45, 7) is 0.227. The summed E-state index contributed by atoms with van der Waals surface area (Å²) in [7, 11) is 0. The summed E-state index contributed by atoms with van der Waals surface area (Å²) in [5.74, 6) is 0.278. The number of carbonyl (C=O) groups is 1. The second-order valence-electron chi connectivity index (χ2n) is 6.77. The molecule has 1 aliphatic heterocycles. The summed E-state index contributed by atoms with van der Waals surface area (Å²) in [5.41, 5.74) is 1.63. The van der Waals surface area contributed by atoms with E-state index in [0.717, 1.165) is 18.4 Å².